The fourth-order valence-electron chi connectivity index (χ4n) is 2.92. The first kappa shape index (κ1) is 23.2. The van der Waals surface area contributed by atoms with E-state index in [0.717, 1.165) is 11.0 Å². The number of para-hydroxylation sites is 2. The smallest absolute Gasteiger partial charge is 0.256 e. The molecule has 10 heteroatoms. The van der Waals surface area contributed by atoms with Crippen LogP contribution in [0.1, 0.15) is 5.56 Å². The van der Waals surface area contributed by atoms with Crippen LogP contribution in [0.5, 0.6) is 17.2 Å². The second kappa shape index (κ2) is 10.3. The Bertz CT molecular complexity index is 1420. The number of anilines is 1. The molecule has 0 radical (unpaired) electrons. The molecule has 0 aliphatic heterocycles. The van der Waals surface area contributed by atoms with Crippen molar-refractivity contribution in [3.8, 4) is 28.6 Å². The molecule has 4 rings (SSSR count). The number of pyridine rings is 1. The molecule has 0 saturated carbocycles. The van der Waals surface area contributed by atoms with Crippen LogP contribution in [0.15, 0.2) is 84.5 Å². The van der Waals surface area contributed by atoms with E-state index in [1.807, 2.05) is 18.2 Å². The van der Waals surface area contributed by atoms with Gasteiger partial charge in [-0.15, -0.1) is 0 Å². The minimum atomic E-state index is -3.99. The quantitative estimate of drug-likeness (QED) is 0.327. The van der Waals surface area contributed by atoms with E-state index in [-0.39, 0.29) is 22.5 Å². The third-order valence-corrected chi connectivity index (χ3v) is 5.73. The highest BCUT2D eigenvalue weighted by molar-refractivity contribution is 7.95. The minimum absolute atomic E-state index is 0.0736. The van der Waals surface area contributed by atoms with Crippen molar-refractivity contribution in [2.45, 2.75) is 0 Å². The Balaban J connectivity index is 1.76. The van der Waals surface area contributed by atoms with E-state index in [0.29, 0.717) is 17.1 Å². The van der Waals surface area contributed by atoms with Gasteiger partial charge in [-0.3, -0.25) is 9.71 Å². The van der Waals surface area contributed by atoms with E-state index in [1.54, 1.807) is 60.9 Å². The first-order valence-corrected chi connectivity index (χ1v) is 11.9. The molecule has 0 fully saturated rings. The number of nitrogens with zero attached hydrogens (tertiary/aromatic N) is 3. The lowest BCUT2D eigenvalue weighted by Gasteiger charge is -2.15. The minimum Gasteiger partial charge on any atom is -0.493 e. The zero-order chi connectivity index (χ0) is 24.0. The molecule has 8 nitrogen and oxygen atoms in total. The van der Waals surface area contributed by atoms with Crippen LogP contribution >= 0.6 is 11.6 Å². The molecule has 0 bridgehead atoms. The summed E-state index contributed by atoms with van der Waals surface area (Å²) >= 11 is 6.44. The molecule has 0 amide bonds. The maximum atomic E-state index is 12.9. The molecule has 4 aromatic rings. The van der Waals surface area contributed by atoms with Crippen LogP contribution in [-0.2, 0) is 10.0 Å². The maximum Gasteiger partial charge on any atom is 0.256 e. The lowest BCUT2D eigenvalue weighted by Crippen LogP contribution is -2.12. The van der Waals surface area contributed by atoms with Crippen LogP contribution in [0.3, 0.4) is 0 Å². The number of halogens is 1. The number of hydrogen-bond acceptors (Lipinski definition) is 7. The Kier molecular flexibility index (Phi) is 7.05. The van der Waals surface area contributed by atoms with Crippen molar-refractivity contribution in [1.29, 1.82) is 0 Å². The van der Waals surface area contributed by atoms with E-state index < -0.39 is 10.0 Å². The molecule has 0 spiro atoms. The third-order valence-electron chi connectivity index (χ3n) is 4.50. The zero-order valence-corrected chi connectivity index (χ0v) is 19.5. The summed E-state index contributed by atoms with van der Waals surface area (Å²) < 4.78 is 39.4. The topological polar surface area (TPSA) is 103 Å². The lowest BCUT2D eigenvalue weighted by atomic mass is 10.2. The number of rotatable bonds is 8. The molecule has 0 aliphatic rings. The monoisotopic (exact) mass is 494 g/mol. The van der Waals surface area contributed by atoms with E-state index in [2.05, 4.69) is 19.7 Å². The molecule has 2 heterocycles. The first-order chi connectivity index (χ1) is 16.4. The number of ether oxygens (including phenoxy) is 2. The van der Waals surface area contributed by atoms with Gasteiger partial charge in [0.15, 0.2) is 28.3 Å². The summed E-state index contributed by atoms with van der Waals surface area (Å²) in [5.41, 5.74) is 1.27. The Hall–Kier alpha value is -3.95. The molecule has 0 unspecified atom stereocenters. The van der Waals surface area contributed by atoms with Crippen LogP contribution in [-0.4, -0.2) is 30.5 Å². The van der Waals surface area contributed by atoms with Gasteiger partial charge >= 0.3 is 0 Å². The summed E-state index contributed by atoms with van der Waals surface area (Å²) in [6, 6.07) is 19.3. The number of methoxy groups -OCH3 is 1. The van der Waals surface area contributed by atoms with Gasteiger partial charge < -0.3 is 9.47 Å². The van der Waals surface area contributed by atoms with Crippen molar-refractivity contribution < 1.29 is 17.9 Å². The predicted octanol–water partition coefficient (Wildman–Crippen LogP) is 5.41. The van der Waals surface area contributed by atoms with Crippen molar-refractivity contribution in [3.63, 3.8) is 0 Å². The first-order valence-electron chi connectivity index (χ1n) is 10.00. The van der Waals surface area contributed by atoms with Crippen LogP contribution in [0.2, 0.25) is 5.15 Å². The highest BCUT2D eigenvalue weighted by atomic mass is 35.5. The van der Waals surface area contributed by atoms with Crippen molar-refractivity contribution in [1.82, 2.24) is 15.0 Å². The van der Waals surface area contributed by atoms with Crippen molar-refractivity contribution in [2.75, 3.05) is 11.8 Å². The van der Waals surface area contributed by atoms with Gasteiger partial charge in [-0.25, -0.2) is 18.4 Å². The molecule has 0 aliphatic carbocycles. The van der Waals surface area contributed by atoms with Gasteiger partial charge in [0.05, 0.1) is 12.5 Å². The molecule has 172 valence electrons. The Morgan fingerprint density at radius 2 is 1.68 bits per heavy atom. The van der Waals surface area contributed by atoms with Crippen molar-refractivity contribution in [2.24, 2.45) is 0 Å². The molecular formula is C24H19ClN4O4S. The second-order valence-electron chi connectivity index (χ2n) is 6.87. The zero-order valence-electron chi connectivity index (χ0n) is 17.9. The molecule has 2 aromatic heterocycles. The fourth-order valence-corrected chi connectivity index (χ4v) is 3.94. The number of nitrogens with one attached hydrogen (secondary N) is 1. The summed E-state index contributed by atoms with van der Waals surface area (Å²) in [6.45, 7) is 0. The summed E-state index contributed by atoms with van der Waals surface area (Å²) in [5, 5.41) is 0.944. The van der Waals surface area contributed by atoms with Gasteiger partial charge in [0.2, 0.25) is 5.75 Å². The molecule has 1 N–H and O–H groups in total. The van der Waals surface area contributed by atoms with Gasteiger partial charge in [0.25, 0.3) is 10.0 Å². The SMILES string of the molecule is COc1ccccc1Oc1c(Cl)nc(-c2cccnc2)nc1NS(=O)(=O)/C=C/c1ccccc1. The molecular weight excluding hydrogens is 476 g/mol. The van der Waals surface area contributed by atoms with Gasteiger partial charge in [-0.1, -0.05) is 54.1 Å². The van der Waals surface area contributed by atoms with Gasteiger partial charge in [-0.2, -0.15) is 0 Å². The Morgan fingerprint density at radius 1 is 0.941 bits per heavy atom. The summed E-state index contributed by atoms with van der Waals surface area (Å²) in [5.74, 6) is 0.700. The number of hydrogen-bond donors (Lipinski definition) is 1. The van der Waals surface area contributed by atoms with E-state index >= 15 is 0 Å². The van der Waals surface area contributed by atoms with Gasteiger partial charge in [0, 0.05) is 18.0 Å². The molecule has 2 aromatic carbocycles. The predicted molar refractivity (Wildman–Crippen MR) is 131 cm³/mol. The van der Waals surface area contributed by atoms with Crippen LogP contribution in [0.4, 0.5) is 5.82 Å². The highest BCUT2D eigenvalue weighted by Crippen LogP contribution is 2.39. The normalized spacial score (nSPS) is 11.4. The highest BCUT2D eigenvalue weighted by Gasteiger charge is 2.21. The third kappa shape index (κ3) is 5.69. The van der Waals surface area contributed by atoms with Gasteiger partial charge in [0.1, 0.15) is 0 Å². The number of sulfonamides is 1. The van der Waals surface area contributed by atoms with Crippen LogP contribution in [0.25, 0.3) is 17.5 Å². The fraction of sp³-hybridized carbons (Fsp3) is 0.0417. The van der Waals surface area contributed by atoms with E-state index in [4.69, 9.17) is 21.1 Å². The number of aromatic nitrogens is 3. The summed E-state index contributed by atoms with van der Waals surface area (Å²) in [7, 11) is -2.50. The molecule has 0 saturated heterocycles. The average molecular weight is 495 g/mol. The average Bonchev–Trinajstić information content (AvgIpc) is 2.86. The van der Waals surface area contributed by atoms with Gasteiger partial charge in [-0.05, 0) is 35.9 Å². The van der Waals surface area contributed by atoms with Crippen LogP contribution < -0.4 is 14.2 Å². The largest absolute Gasteiger partial charge is 0.493 e. The van der Waals surface area contributed by atoms with Crippen LogP contribution in [0, 0.1) is 0 Å². The molecule has 0 atom stereocenters. The van der Waals surface area contributed by atoms with Crippen molar-refractivity contribution in [3.05, 3.63) is 95.2 Å². The van der Waals surface area contributed by atoms with E-state index in [1.165, 1.54) is 13.2 Å². The second-order valence-corrected chi connectivity index (χ2v) is 8.80. The molecule has 34 heavy (non-hydrogen) atoms. The summed E-state index contributed by atoms with van der Waals surface area (Å²) in [4.78, 5) is 12.7. The maximum absolute atomic E-state index is 12.9. The van der Waals surface area contributed by atoms with Crippen molar-refractivity contribution >= 4 is 33.5 Å². The standard InChI is InChI=1S/C24H19ClN4O4S/c1-32-19-11-5-6-12-20(19)33-21-22(25)27-23(18-10-7-14-26-16-18)28-24(21)29-34(30,31)15-13-17-8-3-2-4-9-17/h2-16H,1H3,(H,27,28,29)/b15-13+. The van der Waals surface area contributed by atoms with E-state index in [9.17, 15) is 8.42 Å². The Labute approximate surface area is 202 Å². The number of benzene rings is 2. The Morgan fingerprint density at radius 3 is 2.38 bits per heavy atom. The lowest BCUT2D eigenvalue weighted by molar-refractivity contribution is 0.378. The summed E-state index contributed by atoms with van der Waals surface area (Å²) in [6.07, 6.45) is 4.61.